The third-order valence-electron chi connectivity index (χ3n) is 6.32. The third kappa shape index (κ3) is 4.52. The Kier molecular flexibility index (Phi) is 6.03. The van der Waals surface area contributed by atoms with Crippen LogP contribution >= 0.6 is 11.3 Å². The minimum absolute atomic E-state index is 0.0640. The minimum Gasteiger partial charge on any atom is -0.334 e. The normalized spacial score (nSPS) is 22.5. The van der Waals surface area contributed by atoms with E-state index in [0.717, 1.165) is 46.6 Å². The second-order valence-electron chi connectivity index (χ2n) is 8.70. The molecule has 3 aliphatic rings. The zero-order chi connectivity index (χ0) is 23.9. The van der Waals surface area contributed by atoms with Crippen molar-refractivity contribution in [2.24, 2.45) is 4.99 Å². The summed E-state index contributed by atoms with van der Waals surface area (Å²) < 4.78 is 39.2. The fourth-order valence-electron chi connectivity index (χ4n) is 4.70. The summed E-state index contributed by atoms with van der Waals surface area (Å²) in [6, 6.07) is 9.72. The van der Waals surface area contributed by atoms with E-state index < -0.39 is 6.30 Å². The maximum atomic E-state index is 13.7. The zero-order valence-corrected chi connectivity index (χ0v) is 19.5. The van der Waals surface area contributed by atoms with Gasteiger partial charge in [-0.3, -0.25) is 4.79 Å². The van der Waals surface area contributed by atoms with Gasteiger partial charge in [0.15, 0.2) is 6.67 Å². The van der Waals surface area contributed by atoms with Gasteiger partial charge in [-0.25, -0.2) is 14.8 Å². The number of rotatable bonds is 4. The van der Waals surface area contributed by atoms with E-state index in [1.807, 2.05) is 42.2 Å². The summed E-state index contributed by atoms with van der Waals surface area (Å²) in [5, 5.41) is 0.835. The molecule has 2 atom stereocenters. The first-order chi connectivity index (χ1) is 16.3. The van der Waals surface area contributed by atoms with Crippen LogP contribution in [0.2, 0.25) is 0 Å². The molecular weight excluding hydrogens is 463 g/mol. The molecule has 1 N–H and O–H groups in total. The second kappa shape index (κ2) is 8.99. The summed E-state index contributed by atoms with van der Waals surface area (Å²) in [6.07, 6.45) is 3.03. The van der Waals surface area contributed by atoms with Crippen molar-refractivity contribution >= 4 is 23.1 Å². The summed E-state index contributed by atoms with van der Waals surface area (Å²) in [7, 11) is 0. The predicted molar refractivity (Wildman–Crippen MR) is 124 cm³/mol. The van der Waals surface area contributed by atoms with Gasteiger partial charge >= 0.3 is 6.30 Å². The number of nitrogens with one attached hydrogen (secondary N) is 1. The van der Waals surface area contributed by atoms with E-state index in [-0.39, 0.29) is 18.6 Å². The number of fused-ring (bicyclic) bond motifs is 1. The highest BCUT2D eigenvalue weighted by Gasteiger charge is 2.41. The molecule has 0 bridgehead atoms. The molecule has 5 rings (SSSR count). The van der Waals surface area contributed by atoms with Crippen LogP contribution < -0.4 is 4.90 Å². The molecule has 1 aromatic heterocycles. The van der Waals surface area contributed by atoms with Crippen LogP contribution in [0.1, 0.15) is 41.2 Å². The number of alkyl halides is 3. The Hall–Kier alpha value is -2.98. The smallest absolute Gasteiger partial charge is 0.334 e. The molecule has 34 heavy (non-hydrogen) atoms. The maximum absolute atomic E-state index is 13.7. The first-order valence-electron chi connectivity index (χ1n) is 11.3. The van der Waals surface area contributed by atoms with Crippen LogP contribution in [-0.2, 0) is 0 Å². The number of carbonyl (C=O) groups excluding carboxylic acids is 1. The number of aromatic nitrogens is 1. The molecule has 0 spiro atoms. The number of likely N-dealkylation sites (tertiary alicyclic amines) is 1. The molecule has 4 heterocycles. The van der Waals surface area contributed by atoms with Crippen molar-refractivity contribution in [2.75, 3.05) is 13.2 Å². The number of amidine groups is 1. The molecular formula is C24H25F3N5OS+. The third-order valence-corrected chi connectivity index (χ3v) is 7.34. The number of thiazole rings is 1. The summed E-state index contributed by atoms with van der Waals surface area (Å²) >= 11 is 1.51. The topological polar surface area (TPSA) is 53.2 Å². The lowest BCUT2D eigenvalue weighted by Crippen LogP contribution is -3.11. The molecule has 0 radical (unpaired) electrons. The number of carbonyl (C=O) groups is 1. The summed E-state index contributed by atoms with van der Waals surface area (Å²) in [4.78, 5) is 26.5. The highest BCUT2D eigenvalue weighted by molar-refractivity contribution is 7.15. The van der Waals surface area contributed by atoms with Crippen molar-refractivity contribution in [3.8, 4) is 10.4 Å². The molecule has 2 aromatic rings. The number of quaternary nitrogens is 1. The molecule has 10 heteroatoms. The van der Waals surface area contributed by atoms with Gasteiger partial charge in [-0.05, 0) is 31.7 Å². The first kappa shape index (κ1) is 22.8. The van der Waals surface area contributed by atoms with Gasteiger partial charge in [-0.1, -0.05) is 30.3 Å². The van der Waals surface area contributed by atoms with Gasteiger partial charge in [0.05, 0.1) is 9.88 Å². The number of halogens is 3. The summed E-state index contributed by atoms with van der Waals surface area (Å²) in [5.41, 5.74) is 2.16. The van der Waals surface area contributed by atoms with Gasteiger partial charge in [-0.2, -0.15) is 4.99 Å². The van der Waals surface area contributed by atoms with Crippen LogP contribution in [0.4, 0.5) is 13.2 Å². The number of hydrogen-bond donors (Lipinski definition) is 1. The molecule has 178 valence electrons. The number of amides is 1. The number of benzene rings is 1. The Morgan fingerprint density at radius 2 is 2.03 bits per heavy atom. The van der Waals surface area contributed by atoms with Gasteiger partial charge in [0.25, 0.3) is 5.91 Å². The van der Waals surface area contributed by atoms with E-state index in [9.17, 15) is 18.0 Å². The lowest BCUT2D eigenvalue weighted by Gasteiger charge is -2.35. The van der Waals surface area contributed by atoms with E-state index in [0.29, 0.717) is 34.3 Å². The van der Waals surface area contributed by atoms with E-state index >= 15 is 0 Å². The number of hydrogen-bond acceptors (Lipinski definition) is 5. The zero-order valence-electron chi connectivity index (χ0n) is 18.7. The van der Waals surface area contributed by atoms with Crippen molar-refractivity contribution in [1.29, 1.82) is 0 Å². The van der Waals surface area contributed by atoms with Crippen molar-refractivity contribution < 1.29 is 22.9 Å². The Labute approximate surface area is 199 Å². The Morgan fingerprint density at radius 1 is 1.24 bits per heavy atom. The standard InChI is InChI=1S/C24H24F3N5OS/c1-16-28-21(22(34-16)17-7-3-2-4-8-17)23(33)32-11-6-5-9-19(32)13-18-14-30-15-31(24(25,26)27)12-10-20(30)29-18/h2-4,7-8,10,12,14,19H,5-6,9,11,13,15H2,1H3/p+1/t19-/m0/s1. The number of aryl methyl sites for hydroxylation is 1. The molecule has 1 saturated heterocycles. The lowest BCUT2D eigenvalue weighted by molar-refractivity contribution is -0.763. The Morgan fingerprint density at radius 3 is 2.79 bits per heavy atom. The summed E-state index contributed by atoms with van der Waals surface area (Å²) in [6.45, 7) is 2.29. The highest BCUT2D eigenvalue weighted by atomic mass is 32.1. The van der Waals surface area contributed by atoms with Crippen LogP contribution in [0, 0.1) is 6.92 Å². The lowest BCUT2D eigenvalue weighted by atomic mass is 9.97. The minimum atomic E-state index is -4.42. The molecule has 1 aromatic carbocycles. The van der Waals surface area contributed by atoms with E-state index in [1.165, 1.54) is 17.4 Å². The maximum Gasteiger partial charge on any atom is 0.488 e. The van der Waals surface area contributed by atoms with Crippen molar-refractivity contribution in [2.45, 2.75) is 44.9 Å². The van der Waals surface area contributed by atoms with Crippen LogP contribution in [0.5, 0.6) is 0 Å². The monoisotopic (exact) mass is 488 g/mol. The van der Waals surface area contributed by atoms with Gasteiger partial charge in [0, 0.05) is 31.3 Å². The average molecular weight is 489 g/mol. The molecule has 1 fully saturated rings. The number of piperidine rings is 1. The quantitative estimate of drug-likeness (QED) is 0.664. The second-order valence-corrected chi connectivity index (χ2v) is 9.90. The Bertz CT molecular complexity index is 1170. The van der Waals surface area contributed by atoms with Gasteiger partial charge in [0.2, 0.25) is 5.84 Å². The van der Waals surface area contributed by atoms with Crippen molar-refractivity contribution in [3.05, 3.63) is 65.2 Å². The van der Waals surface area contributed by atoms with Crippen molar-refractivity contribution in [3.63, 3.8) is 0 Å². The van der Waals surface area contributed by atoms with Crippen LogP contribution in [-0.4, -0.2) is 52.1 Å². The molecule has 6 nitrogen and oxygen atoms in total. The van der Waals surface area contributed by atoms with Crippen LogP contribution in [0.3, 0.4) is 0 Å². The number of nitrogens with zero attached hydrogens (tertiary/aromatic N) is 4. The largest absolute Gasteiger partial charge is 0.488 e. The van der Waals surface area contributed by atoms with Crippen LogP contribution in [0.15, 0.2) is 59.5 Å². The Balaban J connectivity index is 1.35. The van der Waals surface area contributed by atoms with Gasteiger partial charge in [-0.15, -0.1) is 24.5 Å². The molecule has 1 amide bonds. The van der Waals surface area contributed by atoms with Crippen LogP contribution in [0.25, 0.3) is 10.4 Å². The average Bonchev–Trinajstić information content (AvgIpc) is 3.41. The van der Waals surface area contributed by atoms with Gasteiger partial charge in [0.1, 0.15) is 17.6 Å². The predicted octanol–water partition coefficient (Wildman–Crippen LogP) is 3.95. The molecule has 0 aliphatic carbocycles. The highest BCUT2D eigenvalue weighted by Crippen LogP contribution is 2.33. The first-order valence-corrected chi connectivity index (χ1v) is 12.1. The summed E-state index contributed by atoms with van der Waals surface area (Å²) in [5.74, 6) is 0.484. The number of aliphatic imine (C=N–C) groups is 1. The van der Waals surface area contributed by atoms with E-state index in [4.69, 9.17) is 0 Å². The van der Waals surface area contributed by atoms with Crippen molar-refractivity contribution in [1.82, 2.24) is 14.8 Å². The fraction of sp³-hybridized carbons (Fsp3) is 0.375. The van der Waals surface area contributed by atoms with E-state index in [2.05, 4.69) is 9.98 Å². The fourth-order valence-corrected chi connectivity index (χ4v) is 5.61. The van der Waals surface area contributed by atoms with E-state index in [1.54, 1.807) is 6.20 Å². The molecule has 0 saturated carbocycles. The van der Waals surface area contributed by atoms with Gasteiger partial charge < -0.3 is 4.90 Å². The SMILES string of the molecule is Cc1nc(C(=O)N2CCCC[C@H]2CC2=C[NH+]3CN(C(F)(F)F)C=CC3=N2)c(-c2ccccc2)s1. The molecule has 1 unspecified atom stereocenters. The molecule has 3 aliphatic heterocycles.